The highest BCUT2D eigenvalue weighted by Gasteiger charge is 2.27. The Morgan fingerprint density at radius 2 is 1.50 bits per heavy atom. The van der Waals surface area contributed by atoms with E-state index in [4.69, 9.17) is 4.94 Å². The summed E-state index contributed by atoms with van der Waals surface area (Å²) in [5.74, 6) is 0. The predicted molar refractivity (Wildman–Crippen MR) is 69.1 cm³/mol. The minimum atomic E-state index is -0.103. The molecule has 0 spiro atoms. The molecule has 0 fully saturated rings. The molecule has 2 aromatic rings. The van der Waals surface area contributed by atoms with Crippen molar-refractivity contribution in [2.75, 3.05) is 7.05 Å². The van der Waals surface area contributed by atoms with E-state index in [0.29, 0.717) is 5.23 Å². The van der Waals surface area contributed by atoms with Gasteiger partial charge in [-0.3, -0.25) is 0 Å². The largest absolute Gasteiger partial charge is 0.761 e. The second-order valence-electron chi connectivity index (χ2n) is 4.26. The van der Waals surface area contributed by atoms with Gasteiger partial charge in [0.1, 0.15) is 0 Å². The van der Waals surface area contributed by atoms with E-state index in [1.165, 1.54) is 18.2 Å². The highest BCUT2D eigenvalue weighted by atomic mass is 17.0. The molecule has 0 unspecified atom stereocenters. The van der Waals surface area contributed by atoms with Crippen molar-refractivity contribution in [1.29, 1.82) is 0 Å². The van der Waals surface area contributed by atoms with Crippen LogP contribution >= 0.6 is 0 Å². The number of nitrogens with zero attached hydrogens (tertiary/aromatic N) is 1. The van der Waals surface area contributed by atoms with Crippen LogP contribution in [0.15, 0.2) is 48.5 Å². The van der Waals surface area contributed by atoms with Gasteiger partial charge in [-0.1, -0.05) is 48.5 Å². The monoisotopic (exact) mass is 241 g/mol. The van der Waals surface area contributed by atoms with E-state index in [2.05, 4.69) is 17.6 Å². The third kappa shape index (κ3) is 1.81. The number of fused-ring (bicyclic) bond motifs is 3. The molecule has 2 aromatic carbocycles. The quantitative estimate of drug-likeness (QED) is 0.839. The molecule has 92 valence electrons. The molecule has 0 radical (unpaired) electrons. The van der Waals surface area contributed by atoms with Crippen molar-refractivity contribution >= 4 is 0 Å². The molecule has 0 saturated heterocycles. The Morgan fingerprint density at radius 3 is 2.00 bits per heavy atom. The van der Waals surface area contributed by atoms with Crippen LogP contribution in [0.25, 0.3) is 11.1 Å². The summed E-state index contributed by atoms with van der Waals surface area (Å²) in [4.78, 5) is 4.87. The van der Waals surface area contributed by atoms with Crippen molar-refractivity contribution in [2.45, 2.75) is 6.04 Å². The molecule has 0 saturated carbocycles. The lowest BCUT2D eigenvalue weighted by molar-refractivity contribution is -0.169. The summed E-state index contributed by atoms with van der Waals surface area (Å²) in [6.45, 7) is 0. The fourth-order valence-corrected chi connectivity index (χ4v) is 2.41. The molecular formula is C14H13N2O2-. The fourth-order valence-electron chi connectivity index (χ4n) is 2.41. The molecule has 4 nitrogen and oxygen atoms in total. The summed E-state index contributed by atoms with van der Waals surface area (Å²) in [5, 5.41) is 11.3. The van der Waals surface area contributed by atoms with Crippen LogP contribution in [0.4, 0.5) is 0 Å². The first-order valence-electron chi connectivity index (χ1n) is 5.79. The average molecular weight is 241 g/mol. The number of hydrogen-bond donors (Lipinski definition) is 1. The van der Waals surface area contributed by atoms with Crippen LogP contribution in [0.1, 0.15) is 17.2 Å². The fraction of sp³-hybridized carbons (Fsp3) is 0.143. The van der Waals surface area contributed by atoms with Crippen LogP contribution in [-0.2, 0) is 4.94 Å². The number of hydroxylamine groups is 3. The van der Waals surface area contributed by atoms with E-state index >= 15 is 0 Å². The Hall–Kier alpha value is -1.72. The molecule has 18 heavy (non-hydrogen) atoms. The summed E-state index contributed by atoms with van der Waals surface area (Å²) in [6.07, 6.45) is 0. The van der Waals surface area contributed by atoms with Crippen LogP contribution in [0.5, 0.6) is 0 Å². The molecule has 4 heteroatoms. The van der Waals surface area contributed by atoms with Crippen LogP contribution in [0.2, 0.25) is 0 Å². The molecule has 3 rings (SSSR count). The first-order valence-corrected chi connectivity index (χ1v) is 5.79. The zero-order chi connectivity index (χ0) is 12.5. The molecule has 1 aliphatic rings. The van der Waals surface area contributed by atoms with E-state index in [9.17, 15) is 5.21 Å². The lowest BCUT2D eigenvalue weighted by Gasteiger charge is -2.24. The summed E-state index contributed by atoms with van der Waals surface area (Å²) in [7, 11) is 1.31. The van der Waals surface area contributed by atoms with Gasteiger partial charge in [0.2, 0.25) is 0 Å². The molecule has 0 amide bonds. The topological polar surface area (TPSA) is 47.6 Å². The Labute approximate surface area is 105 Å². The van der Waals surface area contributed by atoms with Crippen LogP contribution in [0.3, 0.4) is 0 Å². The summed E-state index contributed by atoms with van der Waals surface area (Å²) < 4.78 is 0. The highest BCUT2D eigenvalue weighted by Crippen LogP contribution is 2.42. The normalized spacial score (nSPS) is 13.7. The van der Waals surface area contributed by atoms with Crippen molar-refractivity contribution in [3.8, 4) is 11.1 Å². The van der Waals surface area contributed by atoms with E-state index in [0.717, 1.165) is 11.1 Å². The first kappa shape index (κ1) is 11.4. The van der Waals surface area contributed by atoms with E-state index in [1.807, 2.05) is 36.4 Å². The van der Waals surface area contributed by atoms with Gasteiger partial charge in [-0.05, 0) is 22.3 Å². The molecule has 0 heterocycles. The minimum absolute atomic E-state index is 0.103. The molecule has 0 bridgehead atoms. The zero-order valence-electron chi connectivity index (χ0n) is 9.96. The second-order valence-corrected chi connectivity index (χ2v) is 4.26. The zero-order valence-corrected chi connectivity index (χ0v) is 9.96. The lowest BCUT2D eigenvalue weighted by atomic mass is 10.1. The molecule has 1 N–H and O–H groups in total. The van der Waals surface area contributed by atoms with E-state index in [1.54, 1.807) is 0 Å². The van der Waals surface area contributed by atoms with Gasteiger partial charge in [-0.2, -0.15) is 5.48 Å². The van der Waals surface area contributed by atoms with Gasteiger partial charge >= 0.3 is 0 Å². The number of nitrogens with one attached hydrogen (secondary N) is 1. The number of benzene rings is 2. The van der Waals surface area contributed by atoms with Gasteiger partial charge in [0, 0.05) is 7.05 Å². The second kappa shape index (κ2) is 4.51. The maximum absolute atomic E-state index is 10.9. The van der Waals surface area contributed by atoms with Crippen molar-refractivity contribution in [3.05, 3.63) is 64.9 Å². The maximum atomic E-state index is 10.9. The first-order chi connectivity index (χ1) is 8.77. The van der Waals surface area contributed by atoms with E-state index < -0.39 is 0 Å². The third-order valence-electron chi connectivity index (χ3n) is 3.13. The summed E-state index contributed by atoms with van der Waals surface area (Å²) in [6, 6.07) is 16.1. The van der Waals surface area contributed by atoms with Gasteiger partial charge in [-0.25, -0.2) is 10.2 Å². The summed E-state index contributed by atoms with van der Waals surface area (Å²) >= 11 is 0. The van der Waals surface area contributed by atoms with Gasteiger partial charge in [0.15, 0.2) is 0 Å². The predicted octanol–water partition coefficient (Wildman–Crippen LogP) is 2.62. The van der Waals surface area contributed by atoms with Crippen molar-refractivity contribution in [3.63, 3.8) is 0 Å². The molecule has 0 aromatic heterocycles. The standard InChI is InChI=1S/C14H13N2O2/c1-16(17)18-15-14-12-8-4-2-6-10(12)11-7-3-5-9-13(11)14/h2-9,14-15H,1H3/q-1. The van der Waals surface area contributed by atoms with Crippen LogP contribution < -0.4 is 5.48 Å². The van der Waals surface area contributed by atoms with Crippen molar-refractivity contribution in [1.82, 2.24) is 10.7 Å². The maximum Gasteiger partial charge on any atom is 0.0852 e. The smallest absolute Gasteiger partial charge is 0.0852 e. The van der Waals surface area contributed by atoms with Gasteiger partial charge in [0.05, 0.1) is 6.04 Å². The van der Waals surface area contributed by atoms with E-state index in [-0.39, 0.29) is 6.04 Å². The number of hydrogen-bond acceptors (Lipinski definition) is 4. The van der Waals surface area contributed by atoms with Gasteiger partial charge in [0.25, 0.3) is 0 Å². The summed E-state index contributed by atoms with van der Waals surface area (Å²) in [5.41, 5.74) is 7.42. The van der Waals surface area contributed by atoms with Crippen LogP contribution in [-0.4, -0.2) is 12.3 Å². The Bertz CT molecular complexity index is 524. The Kier molecular flexibility index (Phi) is 2.85. The minimum Gasteiger partial charge on any atom is -0.761 e. The van der Waals surface area contributed by atoms with Crippen LogP contribution in [0, 0.1) is 5.21 Å². The Balaban J connectivity index is 2.03. The van der Waals surface area contributed by atoms with Crippen molar-refractivity contribution in [2.24, 2.45) is 0 Å². The molecule has 0 atom stereocenters. The third-order valence-corrected chi connectivity index (χ3v) is 3.13. The van der Waals surface area contributed by atoms with Crippen molar-refractivity contribution < 1.29 is 4.94 Å². The van der Waals surface area contributed by atoms with Gasteiger partial charge in [-0.15, -0.1) is 0 Å². The average Bonchev–Trinajstić information content (AvgIpc) is 2.71. The van der Waals surface area contributed by atoms with Gasteiger partial charge < -0.3 is 5.21 Å². The SMILES string of the molecule is CN([O-])ONC1c2ccccc2-c2ccccc21. The molecule has 1 aliphatic carbocycles. The molecular weight excluding hydrogens is 228 g/mol. The lowest BCUT2D eigenvalue weighted by Crippen LogP contribution is -2.27. The Morgan fingerprint density at radius 1 is 1.00 bits per heavy atom. The number of rotatable bonds is 3. The highest BCUT2D eigenvalue weighted by molar-refractivity contribution is 5.78. The molecule has 0 aliphatic heterocycles.